The molecule has 0 spiro atoms. The monoisotopic (exact) mass is 397 g/mol. The molecule has 0 aliphatic heterocycles. The molecule has 0 radical (unpaired) electrons. The van der Waals surface area contributed by atoms with E-state index in [1.807, 2.05) is 0 Å². The molecule has 0 aliphatic carbocycles. The fraction of sp³-hybridized carbons (Fsp3) is 0.240. The van der Waals surface area contributed by atoms with Crippen LogP contribution in [0.15, 0.2) is 72.7 Å². The molecule has 0 bridgehead atoms. The lowest BCUT2D eigenvalue weighted by molar-refractivity contribution is 0.0697. The van der Waals surface area contributed by atoms with E-state index < -0.39 is 54.8 Å². The first-order valence-electron chi connectivity index (χ1n) is 13.1. The first-order chi connectivity index (χ1) is 17.1. The van der Waals surface area contributed by atoms with Gasteiger partial charge in [0, 0.05) is 12.0 Å². The minimum atomic E-state index is -2.48. The quantitative estimate of drug-likeness (QED) is 0.493. The van der Waals surface area contributed by atoms with E-state index in [-0.39, 0.29) is 24.0 Å². The molecule has 0 heterocycles. The van der Waals surface area contributed by atoms with Crippen molar-refractivity contribution in [2.45, 2.75) is 25.9 Å². The van der Waals surface area contributed by atoms with Gasteiger partial charge in [0.15, 0.2) is 0 Å². The third-order valence-electron chi connectivity index (χ3n) is 4.25. The van der Waals surface area contributed by atoms with Crippen molar-refractivity contribution in [2.75, 3.05) is 13.0 Å². The van der Waals surface area contributed by atoms with E-state index in [1.54, 1.807) is 49.4 Å². The molecule has 0 saturated heterocycles. The fourth-order valence-corrected chi connectivity index (χ4v) is 2.79. The maximum absolute atomic E-state index is 11.6. The number of carboxylic acid groups (broad SMARTS) is 1. The third kappa shape index (κ3) is 6.01. The number of nitrogens with one attached hydrogen (secondary N) is 1. The summed E-state index contributed by atoms with van der Waals surface area (Å²) in [4.78, 5) is 11.6. The zero-order valence-corrected chi connectivity index (χ0v) is 15.9. The molecule has 3 aromatic carbocycles. The van der Waals surface area contributed by atoms with Crippen LogP contribution in [0.3, 0.4) is 0 Å². The second-order valence-electron chi connectivity index (χ2n) is 6.52. The molecule has 29 heavy (non-hydrogen) atoms. The van der Waals surface area contributed by atoms with Crippen LogP contribution < -0.4 is 5.32 Å². The van der Waals surface area contributed by atoms with Gasteiger partial charge >= 0.3 is 5.97 Å². The zero-order chi connectivity index (χ0) is 27.7. The van der Waals surface area contributed by atoms with E-state index >= 15 is 0 Å². The van der Waals surface area contributed by atoms with Gasteiger partial charge in [-0.2, -0.15) is 0 Å². The topological polar surface area (TPSA) is 69.6 Å². The molecule has 3 N–H and O–H groups in total. The highest BCUT2D eigenvalue weighted by molar-refractivity contribution is 5.89. The highest BCUT2D eigenvalue weighted by atomic mass is 16.4. The molecule has 150 valence electrons. The average molecular weight is 398 g/mol. The predicted molar refractivity (Wildman–Crippen MR) is 116 cm³/mol. The number of aliphatic hydroxyl groups excluding tert-OH is 1. The lowest BCUT2D eigenvalue weighted by Crippen LogP contribution is -2.22. The van der Waals surface area contributed by atoms with Crippen molar-refractivity contribution >= 4 is 5.97 Å². The van der Waals surface area contributed by atoms with E-state index in [9.17, 15) is 15.0 Å². The van der Waals surface area contributed by atoms with Crippen molar-refractivity contribution < 1.29 is 26.0 Å². The molecular weight excluding hydrogens is 362 g/mol. The van der Waals surface area contributed by atoms with Crippen molar-refractivity contribution in [1.82, 2.24) is 5.32 Å². The number of hydrogen-bond acceptors (Lipinski definition) is 3. The van der Waals surface area contributed by atoms with Crippen LogP contribution in [0.5, 0.6) is 0 Å². The van der Waals surface area contributed by atoms with E-state index in [0.717, 1.165) is 5.56 Å². The van der Waals surface area contributed by atoms with Crippen LogP contribution in [0, 0.1) is 6.92 Å². The molecular formula is C25H27NO3. The summed E-state index contributed by atoms with van der Waals surface area (Å²) >= 11 is 0. The summed E-state index contributed by atoms with van der Waals surface area (Å²) in [5.41, 5.74) is 1.21. The van der Waals surface area contributed by atoms with E-state index in [0.29, 0.717) is 11.1 Å². The predicted octanol–water partition coefficient (Wildman–Crippen LogP) is 4.62. The molecule has 3 aromatic rings. The first-order valence-corrected chi connectivity index (χ1v) is 9.11. The number of rotatable bonds is 9. The number of aliphatic hydroxyl groups is 1. The Hall–Kier alpha value is -2.95. The van der Waals surface area contributed by atoms with E-state index in [2.05, 4.69) is 5.32 Å². The highest BCUT2D eigenvalue weighted by Gasteiger charge is 2.07. The van der Waals surface area contributed by atoms with Gasteiger partial charge < -0.3 is 15.5 Å². The maximum Gasteiger partial charge on any atom is 0.335 e. The van der Waals surface area contributed by atoms with Crippen LogP contribution >= 0.6 is 0 Å². The van der Waals surface area contributed by atoms with Gasteiger partial charge in [-0.1, -0.05) is 66.2 Å². The van der Waals surface area contributed by atoms with Crippen LogP contribution in [-0.4, -0.2) is 29.2 Å². The Morgan fingerprint density at radius 3 is 2.79 bits per heavy atom. The first kappa shape index (κ1) is 12.6. The standard InChI is InChI=1S/C25H27NO3/c1-18-6-2-11-22(14-18)24(27)17-26-13-5-8-19-7-3-9-20(15-19)21-10-4-12-23(16-21)25(28)29/h2-4,6-7,9-12,14-16,24,26-27H,5,8,13,17H2,1H3,(H,28,29)/t24-/m0/s1/i4D,10D,12D,13D2,16D,17D2. The van der Waals surface area contributed by atoms with Gasteiger partial charge in [0.25, 0.3) is 0 Å². The van der Waals surface area contributed by atoms with Crippen LogP contribution in [0.25, 0.3) is 11.1 Å². The molecule has 4 heteroatoms. The summed E-state index contributed by atoms with van der Waals surface area (Å²) in [7, 11) is 0. The molecule has 0 aromatic heterocycles. The summed E-state index contributed by atoms with van der Waals surface area (Å²) in [6.07, 6.45) is -1.69. The van der Waals surface area contributed by atoms with Gasteiger partial charge in [-0.15, -0.1) is 0 Å². The van der Waals surface area contributed by atoms with Gasteiger partial charge in [-0.3, -0.25) is 0 Å². The van der Waals surface area contributed by atoms with Crippen molar-refractivity contribution in [1.29, 1.82) is 0 Å². The number of aryl methyl sites for hydroxylation is 2. The Labute approximate surface area is 183 Å². The molecule has 0 saturated carbocycles. The van der Waals surface area contributed by atoms with Gasteiger partial charge in [0.05, 0.1) is 17.2 Å². The molecule has 4 nitrogen and oxygen atoms in total. The largest absolute Gasteiger partial charge is 0.478 e. The van der Waals surface area contributed by atoms with E-state index in [4.69, 9.17) is 11.0 Å². The van der Waals surface area contributed by atoms with Gasteiger partial charge in [0.1, 0.15) is 0 Å². The lowest BCUT2D eigenvalue weighted by atomic mass is 9.99. The molecule has 0 fully saturated rings. The fourth-order valence-electron chi connectivity index (χ4n) is 2.79. The Balaban J connectivity index is 1.82. The second kappa shape index (κ2) is 10.0. The van der Waals surface area contributed by atoms with Gasteiger partial charge in [-0.25, -0.2) is 4.79 Å². The van der Waals surface area contributed by atoms with Crippen LogP contribution in [0.1, 0.15) is 50.5 Å². The van der Waals surface area contributed by atoms with Gasteiger partial charge in [0.2, 0.25) is 0 Å². The van der Waals surface area contributed by atoms with Crippen molar-refractivity contribution in [2.24, 2.45) is 0 Å². The average Bonchev–Trinajstić information content (AvgIpc) is 2.80. The lowest BCUT2D eigenvalue weighted by Gasteiger charge is -2.13. The van der Waals surface area contributed by atoms with Crippen molar-refractivity contribution in [3.8, 4) is 11.1 Å². The molecule has 1 atom stereocenters. The Morgan fingerprint density at radius 2 is 2.00 bits per heavy atom. The number of hydrogen-bond donors (Lipinski definition) is 3. The Morgan fingerprint density at radius 1 is 1.17 bits per heavy atom. The number of carboxylic acids is 1. The number of aromatic carboxylic acids is 1. The van der Waals surface area contributed by atoms with Crippen LogP contribution in [-0.2, 0) is 6.42 Å². The molecule has 0 aliphatic rings. The minimum absolute atomic E-state index is 0.112. The minimum Gasteiger partial charge on any atom is -0.478 e. The zero-order valence-electron chi connectivity index (χ0n) is 23.9. The Bertz CT molecular complexity index is 1330. The highest BCUT2D eigenvalue weighted by Crippen LogP contribution is 2.22. The smallest absolute Gasteiger partial charge is 0.335 e. The van der Waals surface area contributed by atoms with E-state index in [1.165, 1.54) is 6.07 Å². The van der Waals surface area contributed by atoms with Gasteiger partial charge in [-0.05, 0) is 60.6 Å². The summed E-state index contributed by atoms with van der Waals surface area (Å²) < 4.78 is 65.1. The van der Waals surface area contributed by atoms with Crippen molar-refractivity contribution in [3.63, 3.8) is 0 Å². The Kier molecular flexibility index (Phi) is 4.34. The maximum atomic E-state index is 11.6. The molecule has 3 rings (SSSR count). The third-order valence-corrected chi connectivity index (χ3v) is 4.25. The van der Waals surface area contributed by atoms with Crippen LogP contribution in [0.4, 0.5) is 0 Å². The molecule has 0 amide bonds. The normalized spacial score (nSPS) is 16.9. The van der Waals surface area contributed by atoms with Crippen molar-refractivity contribution in [3.05, 3.63) is 95.0 Å². The summed E-state index contributed by atoms with van der Waals surface area (Å²) in [6, 6.07) is 10.7. The summed E-state index contributed by atoms with van der Waals surface area (Å²) in [5.74, 6) is -1.54. The number of benzene rings is 3. The summed E-state index contributed by atoms with van der Waals surface area (Å²) in [6.45, 7) is -2.90. The SMILES string of the molecule is [2H]c1c([2H])c(C(=O)O)c([2H])c(-c2cccc(CCC([2H])([2H])NC([2H])([2H])[C@H](O)c3cccc(C)c3)c2)c1[2H]. The summed E-state index contributed by atoms with van der Waals surface area (Å²) in [5, 5.41) is 22.2. The number of carbonyl (C=O) groups is 1. The second-order valence-corrected chi connectivity index (χ2v) is 6.52. The molecule has 0 unspecified atom stereocenters. The van der Waals surface area contributed by atoms with Crippen LogP contribution in [0.2, 0.25) is 0 Å².